The summed E-state index contributed by atoms with van der Waals surface area (Å²) in [6.07, 6.45) is 16.1. The third-order valence-electron chi connectivity index (χ3n) is 10.1. The van der Waals surface area contributed by atoms with Crippen LogP contribution in [0.3, 0.4) is 0 Å². The van der Waals surface area contributed by atoms with E-state index >= 15 is 0 Å². The largest absolute Gasteiger partial charge is 0.349 e. The Morgan fingerprint density at radius 3 is 2.25 bits per heavy atom. The molecule has 1 spiro atoms. The van der Waals surface area contributed by atoms with Crippen molar-refractivity contribution in [2.24, 2.45) is 5.92 Å². The zero-order valence-electron chi connectivity index (χ0n) is 24.6. The number of hydrogen-bond acceptors (Lipinski definition) is 4. The number of nitrogens with zero attached hydrogens (tertiary/aromatic N) is 2. The lowest BCUT2D eigenvalue weighted by molar-refractivity contribution is -0.162. The van der Waals surface area contributed by atoms with Crippen molar-refractivity contribution in [2.45, 2.75) is 127 Å². The van der Waals surface area contributed by atoms with Crippen molar-refractivity contribution >= 4 is 17.7 Å². The van der Waals surface area contributed by atoms with E-state index in [4.69, 9.17) is 0 Å². The van der Waals surface area contributed by atoms with Crippen LogP contribution in [0.25, 0.3) is 0 Å². The summed E-state index contributed by atoms with van der Waals surface area (Å²) < 4.78 is 0. The number of unbranched alkanes of at least 4 members (excludes halogenated alkanes) is 1. The second kappa shape index (κ2) is 13.5. The Morgan fingerprint density at radius 2 is 1.60 bits per heavy atom. The van der Waals surface area contributed by atoms with Gasteiger partial charge in [-0.3, -0.25) is 19.3 Å². The van der Waals surface area contributed by atoms with Crippen molar-refractivity contribution in [3.63, 3.8) is 0 Å². The molecule has 1 atom stereocenters. The highest BCUT2D eigenvalue weighted by Crippen LogP contribution is 2.36. The summed E-state index contributed by atoms with van der Waals surface area (Å²) >= 11 is 0. The van der Waals surface area contributed by atoms with Gasteiger partial charge in [-0.15, -0.1) is 0 Å². The average molecular weight is 551 g/mol. The van der Waals surface area contributed by atoms with Crippen molar-refractivity contribution in [2.75, 3.05) is 19.6 Å². The smallest absolute Gasteiger partial charge is 0.251 e. The molecule has 1 aromatic carbocycles. The third-order valence-corrected chi connectivity index (χ3v) is 10.1. The normalized spacial score (nSPS) is 24.7. The third kappa shape index (κ3) is 6.72. The molecule has 4 aliphatic rings. The van der Waals surface area contributed by atoms with Crippen molar-refractivity contribution in [3.05, 3.63) is 35.4 Å². The number of piperidine rings is 1. The van der Waals surface area contributed by atoms with Gasteiger partial charge in [-0.1, -0.05) is 76.8 Å². The molecule has 1 unspecified atom stereocenters. The summed E-state index contributed by atoms with van der Waals surface area (Å²) in [7, 11) is 0. The summed E-state index contributed by atoms with van der Waals surface area (Å²) in [5.41, 5.74) is 1.18. The molecule has 2 aliphatic carbocycles. The number of carbonyl (C=O) groups is 3. The number of hydrogen-bond donors (Lipinski definition) is 2. The SMILES string of the molecule is CCCCN1C(=O)C(CC2CCCCC2)NC(=O)C12CCN(Cc1ccc(C(=O)NC3CCCCC3)cc1)CC2. The first-order valence-electron chi connectivity index (χ1n) is 16.2. The van der Waals surface area contributed by atoms with E-state index in [0.717, 1.165) is 57.3 Å². The van der Waals surface area contributed by atoms with E-state index in [1.54, 1.807) is 0 Å². The van der Waals surface area contributed by atoms with Crippen LogP contribution in [0.1, 0.15) is 119 Å². The second-order valence-corrected chi connectivity index (χ2v) is 12.9. The highest BCUT2D eigenvalue weighted by molar-refractivity contribution is 6.00. The van der Waals surface area contributed by atoms with Crippen molar-refractivity contribution in [1.29, 1.82) is 0 Å². The fourth-order valence-electron chi connectivity index (χ4n) is 7.55. The zero-order chi connectivity index (χ0) is 28.0. The van der Waals surface area contributed by atoms with Crippen LogP contribution in [0.15, 0.2) is 24.3 Å². The first-order valence-corrected chi connectivity index (χ1v) is 16.2. The molecule has 2 saturated heterocycles. The molecule has 40 heavy (non-hydrogen) atoms. The second-order valence-electron chi connectivity index (χ2n) is 12.9. The standard InChI is InChI=1S/C33H50N4O3/c1-2-3-20-37-31(39)29(23-25-10-6-4-7-11-25)35-32(40)33(37)18-21-36(22-19-33)24-26-14-16-27(17-15-26)30(38)34-28-12-8-5-9-13-28/h14-17,25,28-29H,2-13,18-24H2,1H3,(H,34,38)(H,35,40). The maximum Gasteiger partial charge on any atom is 0.251 e. The Hall–Kier alpha value is -2.41. The number of piperazine rings is 1. The van der Waals surface area contributed by atoms with E-state index in [1.807, 2.05) is 17.0 Å². The quantitative estimate of drug-likeness (QED) is 0.444. The minimum Gasteiger partial charge on any atom is -0.349 e. The Morgan fingerprint density at radius 1 is 0.950 bits per heavy atom. The van der Waals surface area contributed by atoms with Crippen LogP contribution in [0.5, 0.6) is 0 Å². The average Bonchev–Trinajstić information content (AvgIpc) is 2.98. The number of rotatable bonds is 9. The van der Waals surface area contributed by atoms with E-state index < -0.39 is 5.54 Å². The Bertz CT molecular complexity index is 1010. The molecule has 220 valence electrons. The van der Waals surface area contributed by atoms with Gasteiger partial charge in [-0.25, -0.2) is 0 Å². The molecule has 7 heteroatoms. The fourth-order valence-corrected chi connectivity index (χ4v) is 7.55. The highest BCUT2D eigenvalue weighted by Gasteiger charge is 2.53. The number of carbonyl (C=O) groups excluding carboxylic acids is 3. The molecule has 0 bridgehead atoms. The fraction of sp³-hybridized carbons (Fsp3) is 0.727. The van der Waals surface area contributed by atoms with E-state index in [9.17, 15) is 14.4 Å². The predicted octanol–water partition coefficient (Wildman–Crippen LogP) is 5.18. The van der Waals surface area contributed by atoms with Gasteiger partial charge in [0.1, 0.15) is 11.6 Å². The van der Waals surface area contributed by atoms with Crippen molar-refractivity contribution in [3.8, 4) is 0 Å². The lowest BCUT2D eigenvalue weighted by Crippen LogP contribution is -2.73. The molecule has 0 radical (unpaired) electrons. The van der Waals surface area contributed by atoms with Crippen LogP contribution in [0, 0.1) is 5.92 Å². The molecule has 1 aromatic rings. The Kier molecular flexibility index (Phi) is 9.82. The van der Waals surface area contributed by atoms with Gasteiger partial charge in [0.15, 0.2) is 0 Å². The van der Waals surface area contributed by atoms with Gasteiger partial charge in [-0.2, -0.15) is 0 Å². The van der Waals surface area contributed by atoms with Crippen LogP contribution in [-0.4, -0.2) is 64.8 Å². The van der Waals surface area contributed by atoms with E-state index in [2.05, 4.69) is 34.6 Å². The van der Waals surface area contributed by atoms with Gasteiger partial charge in [0.25, 0.3) is 5.91 Å². The van der Waals surface area contributed by atoms with E-state index in [-0.39, 0.29) is 23.8 Å². The summed E-state index contributed by atoms with van der Waals surface area (Å²) in [5.74, 6) is 0.795. The van der Waals surface area contributed by atoms with Crippen LogP contribution in [0.2, 0.25) is 0 Å². The van der Waals surface area contributed by atoms with Crippen LogP contribution < -0.4 is 10.6 Å². The summed E-state index contributed by atoms with van der Waals surface area (Å²) in [6, 6.07) is 7.94. The van der Waals surface area contributed by atoms with Crippen LogP contribution in [-0.2, 0) is 16.1 Å². The predicted molar refractivity (Wildman–Crippen MR) is 158 cm³/mol. The van der Waals surface area contributed by atoms with Gasteiger partial charge in [0.2, 0.25) is 11.8 Å². The van der Waals surface area contributed by atoms with Crippen LogP contribution >= 0.6 is 0 Å². The molecule has 2 heterocycles. The minimum absolute atomic E-state index is 0.0281. The molecule has 7 nitrogen and oxygen atoms in total. The highest BCUT2D eigenvalue weighted by atomic mass is 16.2. The molecular weight excluding hydrogens is 500 g/mol. The monoisotopic (exact) mass is 550 g/mol. The Labute approximate surface area is 240 Å². The maximum absolute atomic E-state index is 13.8. The minimum atomic E-state index is -0.715. The molecular formula is C33H50N4O3. The Balaban J connectivity index is 1.17. The van der Waals surface area contributed by atoms with Crippen molar-refractivity contribution < 1.29 is 14.4 Å². The molecule has 2 N–H and O–H groups in total. The lowest BCUT2D eigenvalue weighted by atomic mass is 9.79. The van der Waals surface area contributed by atoms with E-state index in [0.29, 0.717) is 31.3 Å². The van der Waals surface area contributed by atoms with Gasteiger partial charge in [-0.05, 0) is 62.1 Å². The number of amides is 3. The van der Waals surface area contributed by atoms with Gasteiger partial charge in [0, 0.05) is 37.8 Å². The molecule has 2 saturated carbocycles. The number of nitrogens with one attached hydrogen (secondary N) is 2. The number of benzene rings is 1. The molecule has 0 aromatic heterocycles. The maximum atomic E-state index is 13.8. The zero-order valence-corrected chi connectivity index (χ0v) is 24.6. The number of likely N-dealkylation sites (tertiary alicyclic amines) is 1. The van der Waals surface area contributed by atoms with Gasteiger partial charge >= 0.3 is 0 Å². The first-order chi connectivity index (χ1) is 19.5. The first kappa shape index (κ1) is 29.1. The molecule has 4 fully saturated rings. The molecule has 3 amide bonds. The summed E-state index contributed by atoms with van der Waals surface area (Å²) in [4.78, 5) is 44.5. The summed E-state index contributed by atoms with van der Waals surface area (Å²) in [6.45, 7) is 5.17. The molecule has 2 aliphatic heterocycles. The van der Waals surface area contributed by atoms with Gasteiger partial charge < -0.3 is 15.5 Å². The topological polar surface area (TPSA) is 81.8 Å². The van der Waals surface area contributed by atoms with Gasteiger partial charge in [0.05, 0.1) is 0 Å². The van der Waals surface area contributed by atoms with E-state index in [1.165, 1.54) is 56.9 Å². The lowest BCUT2D eigenvalue weighted by Gasteiger charge is -2.52. The van der Waals surface area contributed by atoms with Crippen molar-refractivity contribution in [1.82, 2.24) is 20.4 Å². The summed E-state index contributed by atoms with van der Waals surface area (Å²) in [5, 5.41) is 6.41. The molecule has 5 rings (SSSR count). The van der Waals surface area contributed by atoms with Crippen LogP contribution in [0.4, 0.5) is 0 Å².